The topological polar surface area (TPSA) is 12.0 Å². The summed E-state index contributed by atoms with van der Waals surface area (Å²) in [5.41, 5.74) is 1.35. The highest BCUT2D eigenvalue weighted by atomic mass is 35.5. The van der Waals surface area contributed by atoms with E-state index in [1.165, 1.54) is 12.0 Å². The van der Waals surface area contributed by atoms with Gasteiger partial charge in [0.15, 0.2) is 0 Å². The van der Waals surface area contributed by atoms with Gasteiger partial charge < -0.3 is 5.32 Å². The Labute approximate surface area is 71.4 Å². The van der Waals surface area contributed by atoms with Crippen LogP contribution in [0.2, 0.25) is 5.02 Å². The van der Waals surface area contributed by atoms with Gasteiger partial charge in [-0.1, -0.05) is 23.7 Å². The smallest absolute Gasteiger partial charge is 0.0406 e. The first-order chi connectivity index (χ1) is 5.36. The Morgan fingerprint density at radius 1 is 1.27 bits per heavy atom. The maximum atomic E-state index is 5.76. The van der Waals surface area contributed by atoms with Crippen molar-refractivity contribution in [3.63, 3.8) is 0 Å². The molecule has 1 aliphatic rings. The number of hydrogen-bond acceptors (Lipinski definition) is 1. The maximum Gasteiger partial charge on any atom is 0.0406 e. The summed E-state index contributed by atoms with van der Waals surface area (Å²) in [5, 5.41) is 4.15. The van der Waals surface area contributed by atoms with Gasteiger partial charge in [0.1, 0.15) is 0 Å². The van der Waals surface area contributed by atoms with Crippen LogP contribution in [0.25, 0.3) is 0 Å². The highest BCUT2D eigenvalue weighted by Gasteiger charge is 2.17. The van der Waals surface area contributed by atoms with E-state index in [1.54, 1.807) is 0 Å². The van der Waals surface area contributed by atoms with Gasteiger partial charge in [0, 0.05) is 11.1 Å². The van der Waals surface area contributed by atoms with E-state index in [4.69, 9.17) is 11.6 Å². The van der Waals surface area contributed by atoms with Gasteiger partial charge in [-0.2, -0.15) is 0 Å². The molecule has 0 aliphatic carbocycles. The van der Waals surface area contributed by atoms with Crippen LogP contribution >= 0.6 is 11.6 Å². The number of hydrogen-bond donors (Lipinski definition) is 1. The molecule has 0 bridgehead atoms. The molecule has 1 atom stereocenters. The van der Waals surface area contributed by atoms with Crippen LogP contribution in [0.4, 0.5) is 0 Å². The minimum absolute atomic E-state index is 0.576. The molecule has 1 aliphatic heterocycles. The van der Waals surface area contributed by atoms with Crippen molar-refractivity contribution in [3.8, 4) is 0 Å². The summed E-state index contributed by atoms with van der Waals surface area (Å²) in [6, 6.07) is 8.62. The second kappa shape index (κ2) is 2.84. The number of nitrogens with one attached hydrogen (secondary N) is 1. The van der Waals surface area contributed by atoms with Crippen molar-refractivity contribution in [3.05, 3.63) is 34.9 Å². The predicted octanol–water partition coefficient (Wildman–Crippen LogP) is 2.37. The van der Waals surface area contributed by atoms with Crippen molar-refractivity contribution >= 4 is 11.6 Å². The van der Waals surface area contributed by atoms with Gasteiger partial charge in [0.05, 0.1) is 0 Å². The van der Waals surface area contributed by atoms with Crippen molar-refractivity contribution in [2.45, 2.75) is 12.5 Å². The monoisotopic (exact) mass is 167 g/mol. The molecule has 1 saturated heterocycles. The fraction of sp³-hybridized carbons (Fsp3) is 0.333. The Kier molecular flexibility index (Phi) is 1.84. The van der Waals surface area contributed by atoms with E-state index in [0.29, 0.717) is 6.04 Å². The Bertz CT molecular complexity index is 238. The van der Waals surface area contributed by atoms with E-state index in [9.17, 15) is 0 Å². The molecule has 1 N–H and O–H groups in total. The first-order valence-corrected chi connectivity index (χ1v) is 4.23. The lowest BCUT2D eigenvalue weighted by Crippen LogP contribution is -2.34. The third-order valence-electron chi connectivity index (χ3n) is 2.10. The Morgan fingerprint density at radius 3 is 2.36 bits per heavy atom. The van der Waals surface area contributed by atoms with Gasteiger partial charge in [0.2, 0.25) is 0 Å². The molecular weight excluding hydrogens is 158 g/mol. The third kappa shape index (κ3) is 1.39. The molecule has 0 radical (unpaired) electrons. The van der Waals surface area contributed by atoms with Gasteiger partial charge >= 0.3 is 0 Å². The van der Waals surface area contributed by atoms with Crippen LogP contribution in [-0.4, -0.2) is 6.54 Å². The molecule has 1 heterocycles. The molecule has 0 saturated carbocycles. The maximum absolute atomic E-state index is 5.76. The minimum atomic E-state index is 0.576. The standard InChI is InChI=1S/C9H10ClN/c10-8-3-1-7(2-4-8)9-5-6-11-9/h1-4,9,11H,5-6H2/t9-/m1/s1. The van der Waals surface area contributed by atoms with Gasteiger partial charge in [-0.25, -0.2) is 0 Å². The number of rotatable bonds is 1. The fourth-order valence-electron chi connectivity index (χ4n) is 1.27. The van der Waals surface area contributed by atoms with E-state index in [-0.39, 0.29) is 0 Å². The Hall–Kier alpha value is -0.530. The van der Waals surface area contributed by atoms with Crippen molar-refractivity contribution < 1.29 is 0 Å². The Morgan fingerprint density at radius 2 is 1.91 bits per heavy atom. The van der Waals surface area contributed by atoms with E-state index in [2.05, 4.69) is 17.4 Å². The summed E-state index contributed by atoms with van der Waals surface area (Å²) in [4.78, 5) is 0. The first-order valence-electron chi connectivity index (χ1n) is 3.85. The summed E-state index contributed by atoms with van der Waals surface area (Å²) < 4.78 is 0. The SMILES string of the molecule is Clc1ccc([C@H]2CCN2)cc1. The zero-order valence-electron chi connectivity index (χ0n) is 6.18. The van der Waals surface area contributed by atoms with Gasteiger partial charge in [-0.05, 0) is 30.7 Å². The zero-order valence-corrected chi connectivity index (χ0v) is 6.93. The van der Waals surface area contributed by atoms with Crippen molar-refractivity contribution in [2.75, 3.05) is 6.54 Å². The van der Waals surface area contributed by atoms with Crippen LogP contribution in [0.5, 0.6) is 0 Å². The molecule has 2 heteroatoms. The van der Waals surface area contributed by atoms with Crippen molar-refractivity contribution in [1.29, 1.82) is 0 Å². The molecule has 2 rings (SSSR count). The van der Waals surface area contributed by atoms with Crippen LogP contribution in [0.3, 0.4) is 0 Å². The molecule has 1 nitrogen and oxygen atoms in total. The summed E-state index contributed by atoms with van der Waals surface area (Å²) in [6.45, 7) is 1.15. The molecule has 1 fully saturated rings. The molecule has 1 aromatic carbocycles. The normalized spacial score (nSPS) is 22.8. The Balaban J connectivity index is 2.18. The summed E-state index contributed by atoms with van der Waals surface area (Å²) in [5.74, 6) is 0. The largest absolute Gasteiger partial charge is 0.310 e. The van der Waals surface area contributed by atoms with E-state index >= 15 is 0 Å². The first kappa shape index (κ1) is 7.14. The van der Waals surface area contributed by atoms with E-state index in [1.807, 2.05) is 12.1 Å². The quantitative estimate of drug-likeness (QED) is 0.677. The van der Waals surface area contributed by atoms with Crippen LogP contribution in [-0.2, 0) is 0 Å². The average Bonchev–Trinajstić information content (AvgIpc) is 1.90. The minimum Gasteiger partial charge on any atom is -0.310 e. The summed E-state index contributed by atoms with van der Waals surface area (Å²) in [6.07, 6.45) is 1.25. The summed E-state index contributed by atoms with van der Waals surface area (Å²) >= 11 is 5.76. The van der Waals surface area contributed by atoms with Crippen molar-refractivity contribution in [1.82, 2.24) is 5.32 Å². The van der Waals surface area contributed by atoms with Crippen LogP contribution in [0, 0.1) is 0 Å². The molecule has 1 aromatic rings. The lowest BCUT2D eigenvalue weighted by Gasteiger charge is -2.27. The molecular formula is C9H10ClN. The second-order valence-electron chi connectivity index (χ2n) is 2.85. The lowest BCUT2D eigenvalue weighted by molar-refractivity contribution is 0.383. The number of halogens is 1. The predicted molar refractivity (Wildman–Crippen MR) is 46.8 cm³/mol. The van der Waals surface area contributed by atoms with Crippen LogP contribution < -0.4 is 5.32 Å². The highest BCUT2D eigenvalue weighted by Crippen LogP contribution is 2.23. The lowest BCUT2D eigenvalue weighted by atomic mass is 9.98. The van der Waals surface area contributed by atoms with Gasteiger partial charge in [0.25, 0.3) is 0 Å². The molecule has 0 amide bonds. The van der Waals surface area contributed by atoms with Crippen LogP contribution in [0.1, 0.15) is 18.0 Å². The second-order valence-corrected chi connectivity index (χ2v) is 3.28. The fourth-order valence-corrected chi connectivity index (χ4v) is 1.39. The number of benzene rings is 1. The van der Waals surface area contributed by atoms with Crippen molar-refractivity contribution in [2.24, 2.45) is 0 Å². The van der Waals surface area contributed by atoms with Gasteiger partial charge in [-0.3, -0.25) is 0 Å². The van der Waals surface area contributed by atoms with Gasteiger partial charge in [-0.15, -0.1) is 0 Å². The van der Waals surface area contributed by atoms with Crippen LogP contribution in [0.15, 0.2) is 24.3 Å². The summed E-state index contributed by atoms with van der Waals surface area (Å²) in [7, 11) is 0. The van der Waals surface area contributed by atoms with E-state index in [0.717, 1.165) is 11.6 Å². The molecule has 11 heavy (non-hydrogen) atoms. The molecule has 58 valence electrons. The zero-order chi connectivity index (χ0) is 7.68. The highest BCUT2D eigenvalue weighted by molar-refractivity contribution is 6.30. The average molecular weight is 168 g/mol. The molecule has 0 aromatic heterocycles. The van der Waals surface area contributed by atoms with E-state index < -0.39 is 0 Å². The third-order valence-corrected chi connectivity index (χ3v) is 2.35. The molecule has 0 unspecified atom stereocenters. The molecule has 0 spiro atoms.